The number of rotatable bonds is 2. The van der Waals surface area contributed by atoms with Gasteiger partial charge in [-0.2, -0.15) is 5.10 Å². The number of anilines is 1. The van der Waals surface area contributed by atoms with Crippen LogP contribution in [0, 0.1) is 0 Å². The Morgan fingerprint density at radius 3 is 2.44 bits per heavy atom. The number of hydrogen-bond acceptors (Lipinski definition) is 3. The fourth-order valence-corrected chi connectivity index (χ4v) is 2.37. The molecule has 0 bridgehead atoms. The molecule has 0 saturated carbocycles. The predicted molar refractivity (Wildman–Crippen MR) is 71.3 cm³/mol. The van der Waals surface area contributed by atoms with Gasteiger partial charge in [-0.3, -0.25) is 9.48 Å². The molecule has 1 fully saturated rings. The highest BCUT2D eigenvalue weighted by Gasteiger charge is 2.21. The molecule has 1 aliphatic heterocycles. The van der Waals surface area contributed by atoms with E-state index in [0.29, 0.717) is 11.4 Å². The lowest BCUT2D eigenvalue weighted by molar-refractivity contribution is 0.0736. The second-order valence-corrected chi connectivity index (χ2v) is 4.85. The van der Waals surface area contributed by atoms with Gasteiger partial charge in [0.1, 0.15) is 0 Å². The average Bonchev–Trinajstić information content (AvgIpc) is 2.69. The lowest BCUT2D eigenvalue weighted by atomic mass is 10.1. The van der Waals surface area contributed by atoms with Crippen LogP contribution in [-0.2, 0) is 6.54 Å². The minimum absolute atomic E-state index is 0.0124. The van der Waals surface area contributed by atoms with Crippen LogP contribution in [0.3, 0.4) is 0 Å². The van der Waals surface area contributed by atoms with E-state index < -0.39 is 0 Å². The van der Waals surface area contributed by atoms with E-state index in [-0.39, 0.29) is 5.91 Å². The number of carbonyl (C=O) groups excluding carboxylic acids is 1. The zero-order valence-corrected chi connectivity index (χ0v) is 11.1. The van der Waals surface area contributed by atoms with Gasteiger partial charge in [-0.1, -0.05) is 19.3 Å². The topological polar surface area (TPSA) is 64.2 Å². The Morgan fingerprint density at radius 2 is 1.89 bits per heavy atom. The second kappa shape index (κ2) is 5.89. The van der Waals surface area contributed by atoms with Gasteiger partial charge in [-0.25, -0.2) is 0 Å². The van der Waals surface area contributed by atoms with Crippen molar-refractivity contribution in [3.8, 4) is 0 Å². The largest absolute Gasteiger partial charge is 0.396 e. The summed E-state index contributed by atoms with van der Waals surface area (Å²) in [5.74, 6) is -0.0124. The molecule has 1 aromatic heterocycles. The monoisotopic (exact) mass is 250 g/mol. The molecule has 2 N–H and O–H groups in total. The Morgan fingerprint density at radius 1 is 1.28 bits per heavy atom. The van der Waals surface area contributed by atoms with E-state index in [0.717, 1.165) is 32.5 Å². The molecule has 0 spiro atoms. The van der Waals surface area contributed by atoms with Gasteiger partial charge >= 0.3 is 0 Å². The Bertz CT molecular complexity index is 405. The number of likely N-dealkylation sites (tertiary alicyclic amines) is 1. The number of aromatic nitrogens is 2. The van der Waals surface area contributed by atoms with Crippen LogP contribution in [0.1, 0.15) is 49.5 Å². The van der Waals surface area contributed by atoms with Gasteiger partial charge in [-0.05, 0) is 19.8 Å². The molecule has 0 unspecified atom stereocenters. The molecular weight excluding hydrogens is 228 g/mol. The molecule has 5 nitrogen and oxygen atoms in total. The van der Waals surface area contributed by atoms with Crippen molar-refractivity contribution >= 4 is 11.6 Å². The average molecular weight is 250 g/mol. The fraction of sp³-hybridized carbons (Fsp3) is 0.692. The molecule has 18 heavy (non-hydrogen) atoms. The lowest BCUT2D eigenvalue weighted by Gasteiger charge is -2.24. The highest BCUT2D eigenvalue weighted by Crippen LogP contribution is 2.16. The molecule has 0 aromatic carbocycles. The van der Waals surface area contributed by atoms with Crippen LogP contribution in [0.5, 0.6) is 0 Å². The van der Waals surface area contributed by atoms with Crippen molar-refractivity contribution in [2.24, 2.45) is 0 Å². The molecule has 2 heterocycles. The van der Waals surface area contributed by atoms with E-state index in [9.17, 15) is 4.79 Å². The van der Waals surface area contributed by atoms with E-state index in [1.54, 1.807) is 10.9 Å². The predicted octanol–water partition coefficient (Wildman–Crippen LogP) is 1.89. The number of carbonyl (C=O) groups is 1. The number of hydrogen-bond donors (Lipinski definition) is 1. The van der Waals surface area contributed by atoms with Gasteiger partial charge in [0.15, 0.2) is 5.69 Å². The summed E-state index contributed by atoms with van der Waals surface area (Å²) in [5, 5.41) is 4.26. The molecule has 1 saturated heterocycles. The van der Waals surface area contributed by atoms with Crippen LogP contribution in [0.4, 0.5) is 5.69 Å². The smallest absolute Gasteiger partial charge is 0.276 e. The first-order valence-corrected chi connectivity index (χ1v) is 6.84. The van der Waals surface area contributed by atoms with Gasteiger partial charge in [0.05, 0.1) is 5.69 Å². The zero-order chi connectivity index (χ0) is 13.0. The molecule has 0 atom stereocenters. The van der Waals surface area contributed by atoms with Crippen molar-refractivity contribution in [2.75, 3.05) is 18.8 Å². The number of nitrogens with zero attached hydrogens (tertiary/aromatic N) is 3. The normalized spacial score (nSPS) is 17.3. The highest BCUT2D eigenvalue weighted by atomic mass is 16.2. The Balaban J connectivity index is 2.10. The van der Waals surface area contributed by atoms with Crippen LogP contribution in [0.2, 0.25) is 0 Å². The molecule has 5 heteroatoms. The number of nitrogens with two attached hydrogens (primary N) is 1. The quantitative estimate of drug-likeness (QED) is 0.871. The van der Waals surface area contributed by atoms with Crippen molar-refractivity contribution < 1.29 is 4.79 Å². The number of nitrogen functional groups attached to an aromatic ring is 1. The van der Waals surface area contributed by atoms with Crippen LogP contribution in [-0.4, -0.2) is 33.7 Å². The summed E-state index contributed by atoms with van der Waals surface area (Å²) >= 11 is 0. The molecule has 2 rings (SSSR count). The Kier molecular flexibility index (Phi) is 4.23. The molecule has 1 amide bonds. The summed E-state index contributed by atoms with van der Waals surface area (Å²) in [6.07, 6.45) is 7.61. The van der Waals surface area contributed by atoms with Crippen LogP contribution >= 0.6 is 0 Å². The third-order valence-corrected chi connectivity index (χ3v) is 3.46. The lowest BCUT2D eigenvalue weighted by Crippen LogP contribution is -2.34. The maximum atomic E-state index is 12.4. The number of amides is 1. The van der Waals surface area contributed by atoms with Gasteiger partial charge in [0.2, 0.25) is 0 Å². The Labute approximate surface area is 108 Å². The summed E-state index contributed by atoms with van der Waals surface area (Å²) < 4.78 is 1.71. The second-order valence-electron chi connectivity index (χ2n) is 4.85. The van der Waals surface area contributed by atoms with Gasteiger partial charge in [-0.15, -0.1) is 0 Å². The fourth-order valence-electron chi connectivity index (χ4n) is 2.37. The molecule has 0 aliphatic carbocycles. The van der Waals surface area contributed by atoms with Gasteiger partial charge in [0, 0.05) is 25.8 Å². The SMILES string of the molecule is CCn1cc(N)c(C(=O)N2CCCCCCC2)n1. The number of aryl methyl sites for hydroxylation is 1. The first-order chi connectivity index (χ1) is 8.72. The van der Waals surface area contributed by atoms with Crippen molar-refractivity contribution in [3.05, 3.63) is 11.9 Å². The van der Waals surface area contributed by atoms with E-state index in [1.165, 1.54) is 19.3 Å². The third kappa shape index (κ3) is 2.83. The molecule has 1 aromatic rings. The summed E-state index contributed by atoms with van der Waals surface area (Å²) in [6, 6.07) is 0. The third-order valence-electron chi connectivity index (χ3n) is 3.46. The molecule has 1 aliphatic rings. The van der Waals surface area contributed by atoms with E-state index in [1.807, 2.05) is 11.8 Å². The molecule has 0 radical (unpaired) electrons. The minimum atomic E-state index is -0.0124. The first kappa shape index (κ1) is 12.9. The first-order valence-electron chi connectivity index (χ1n) is 6.84. The summed E-state index contributed by atoms with van der Waals surface area (Å²) in [7, 11) is 0. The van der Waals surface area contributed by atoms with E-state index in [4.69, 9.17) is 5.73 Å². The van der Waals surface area contributed by atoms with Crippen molar-refractivity contribution in [3.63, 3.8) is 0 Å². The maximum Gasteiger partial charge on any atom is 0.276 e. The highest BCUT2D eigenvalue weighted by molar-refractivity contribution is 5.97. The van der Waals surface area contributed by atoms with Crippen LogP contribution < -0.4 is 5.73 Å². The minimum Gasteiger partial charge on any atom is -0.396 e. The van der Waals surface area contributed by atoms with Crippen LogP contribution in [0.15, 0.2) is 6.20 Å². The van der Waals surface area contributed by atoms with Crippen molar-refractivity contribution in [2.45, 2.75) is 45.6 Å². The molecular formula is C13H22N4O. The van der Waals surface area contributed by atoms with E-state index in [2.05, 4.69) is 5.10 Å². The van der Waals surface area contributed by atoms with Crippen molar-refractivity contribution in [1.29, 1.82) is 0 Å². The van der Waals surface area contributed by atoms with Gasteiger partial charge in [0.25, 0.3) is 5.91 Å². The summed E-state index contributed by atoms with van der Waals surface area (Å²) in [5.41, 5.74) is 6.77. The van der Waals surface area contributed by atoms with Gasteiger partial charge < -0.3 is 10.6 Å². The summed E-state index contributed by atoms with van der Waals surface area (Å²) in [4.78, 5) is 14.3. The Hall–Kier alpha value is -1.52. The standard InChI is InChI=1S/C13H22N4O/c1-2-17-10-11(14)12(15-17)13(18)16-8-6-4-3-5-7-9-16/h10H,2-9,14H2,1H3. The molecule has 100 valence electrons. The summed E-state index contributed by atoms with van der Waals surface area (Å²) in [6.45, 7) is 4.38. The maximum absolute atomic E-state index is 12.4. The zero-order valence-electron chi connectivity index (χ0n) is 11.1. The van der Waals surface area contributed by atoms with Crippen molar-refractivity contribution in [1.82, 2.24) is 14.7 Å². The van der Waals surface area contributed by atoms with E-state index >= 15 is 0 Å². The van der Waals surface area contributed by atoms with Crippen LogP contribution in [0.25, 0.3) is 0 Å².